The predicted molar refractivity (Wildman–Crippen MR) is 50.2 cm³/mol. The van der Waals surface area contributed by atoms with E-state index in [4.69, 9.17) is 10.8 Å². The number of hydrogen-bond acceptors (Lipinski definition) is 4. The molecule has 3 N–H and O–H groups in total. The van der Waals surface area contributed by atoms with Crippen LogP contribution >= 0.6 is 0 Å². The first-order chi connectivity index (χ1) is 6.47. The van der Waals surface area contributed by atoms with Crippen LogP contribution in [-0.4, -0.2) is 29.7 Å². The summed E-state index contributed by atoms with van der Waals surface area (Å²) >= 11 is 0. The summed E-state index contributed by atoms with van der Waals surface area (Å²) in [4.78, 5) is 21.7. The van der Waals surface area contributed by atoms with Crippen LogP contribution in [0.1, 0.15) is 26.7 Å². The number of aliphatic hydroxyl groups is 1. The van der Waals surface area contributed by atoms with Gasteiger partial charge in [0, 0.05) is 6.42 Å². The maximum absolute atomic E-state index is 11.1. The monoisotopic (exact) mass is 203 g/mol. The van der Waals surface area contributed by atoms with Gasteiger partial charge in [0.2, 0.25) is 6.10 Å². The van der Waals surface area contributed by atoms with Crippen LogP contribution in [-0.2, 0) is 14.3 Å². The molecule has 5 nitrogen and oxygen atoms in total. The molecule has 14 heavy (non-hydrogen) atoms. The average Bonchev–Trinajstić information content (AvgIpc) is 2.10. The van der Waals surface area contributed by atoms with Crippen LogP contribution < -0.4 is 5.73 Å². The molecule has 0 saturated carbocycles. The lowest BCUT2D eigenvalue weighted by molar-refractivity contribution is -0.157. The second kappa shape index (κ2) is 6.37. The van der Waals surface area contributed by atoms with Gasteiger partial charge in [-0.15, -0.1) is 0 Å². The summed E-state index contributed by atoms with van der Waals surface area (Å²) in [5, 5.41) is 8.64. The Hall–Kier alpha value is -1.10. The highest BCUT2D eigenvalue weighted by atomic mass is 16.6. The van der Waals surface area contributed by atoms with E-state index in [1.165, 1.54) is 0 Å². The van der Waals surface area contributed by atoms with Gasteiger partial charge in [-0.2, -0.15) is 0 Å². The van der Waals surface area contributed by atoms with E-state index in [0.717, 1.165) is 0 Å². The van der Waals surface area contributed by atoms with Crippen molar-refractivity contribution in [3.05, 3.63) is 0 Å². The van der Waals surface area contributed by atoms with E-state index in [0.29, 0.717) is 12.3 Å². The lowest BCUT2D eigenvalue weighted by Crippen LogP contribution is -2.36. The minimum atomic E-state index is -1.21. The Morgan fingerprint density at radius 3 is 2.36 bits per heavy atom. The molecule has 0 saturated heterocycles. The van der Waals surface area contributed by atoms with Crippen molar-refractivity contribution >= 4 is 11.9 Å². The zero-order valence-electron chi connectivity index (χ0n) is 8.53. The third kappa shape index (κ3) is 5.53. The number of amides is 1. The Morgan fingerprint density at radius 2 is 2.00 bits per heavy atom. The van der Waals surface area contributed by atoms with Gasteiger partial charge in [-0.1, -0.05) is 13.8 Å². The molecule has 82 valence electrons. The van der Waals surface area contributed by atoms with Crippen LogP contribution in [0.2, 0.25) is 0 Å². The average molecular weight is 203 g/mol. The van der Waals surface area contributed by atoms with Gasteiger partial charge in [0.05, 0.1) is 6.61 Å². The molecule has 0 aromatic heterocycles. The highest BCUT2D eigenvalue weighted by Gasteiger charge is 2.18. The second-order valence-electron chi connectivity index (χ2n) is 3.50. The Labute approximate surface area is 83.2 Å². The first-order valence-corrected chi connectivity index (χ1v) is 4.57. The topological polar surface area (TPSA) is 89.6 Å². The first-order valence-electron chi connectivity index (χ1n) is 4.57. The minimum Gasteiger partial charge on any atom is -0.450 e. The molecular weight excluding hydrogens is 186 g/mol. The number of nitrogens with two attached hydrogens (primary N) is 1. The molecule has 0 aromatic carbocycles. The van der Waals surface area contributed by atoms with Gasteiger partial charge in [-0.25, -0.2) is 0 Å². The second-order valence-corrected chi connectivity index (χ2v) is 3.50. The van der Waals surface area contributed by atoms with E-state index in [1.807, 2.05) is 13.8 Å². The maximum Gasteiger partial charge on any atom is 0.306 e. The zero-order valence-corrected chi connectivity index (χ0v) is 8.53. The van der Waals surface area contributed by atoms with Gasteiger partial charge >= 0.3 is 5.97 Å². The molecule has 0 heterocycles. The van der Waals surface area contributed by atoms with Gasteiger partial charge in [-0.05, 0) is 12.3 Å². The maximum atomic E-state index is 11.1. The molecule has 5 heteroatoms. The van der Waals surface area contributed by atoms with Gasteiger partial charge < -0.3 is 15.6 Å². The molecule has 0 aromatic rings. The fourth-order valence-electron chi connectivity index (χ4n) is 0.809. The first kappa shape index (κ1) is 12.9. The summed E-state index contributed by atoms with van der Waals surface area (Å²) in [6.45, 7) is 3.39. The van der Waals surface area contributed by atoms with Crippen molar-refractivity contribution in [3.8, 4) is 0 Å². The van der Waals surface area contributed by atoms with Crippen LogP contribution in [0.25, 0.3) is 0 Å². The summed E-state index contributed by atoms with van der Waals surface area (Å²) in [6.07, 6.45) is -0.286. The van der Waals surface area contributed by atoms with E-state index in [2.05, 4.69) is 4.74 Å². The molecule has 0 aliphatic rings. The van der Waals surface area contributed by atoms with Crippen LogP contribution in [0.4, 0.5) is 0 Å². The van der Waals surface area contributed by atoms with E-state index in [-0.39, 0.29) is 6.42 Å². The van der Waals surface area contributed by atoms with Gasteiger partial charge in [0.1, 0.15) is 0 Å². The number of rotatable bonds is 6. The summed E-state index contributed by atoms with van der Waals surface area (Å²) in [7, 11) is 0. The molecule has 1 amide bonds. The van der Waals surface area contributed by atoms with Crippen molar-refractivity contribution in [2.75, 3.05) is 6.61 Å². The number of primary amides is 1. The third-order valence-corrected chi connectivity index (χ3v) is 1.68. The van der Waals surface area contributed by atoms with Gasteiger partial charge in [0.15, 0.2) is 0 Å². The van der Waals surface area contributed by atoms with Crippen molar-refractivity contribution in [1.29, 1.82) is 0 Å². The van der Waals surface area contributed by atoms with Crippen molar-refractivity contribution in [3.63, 3.8) is 0 Å². The Morgan fingerprint density at radius 1 is 1.43 bits per heavy atom. The van der Waals surface area contributed by atoms with Crippen LogP contribution in [0.5, 0.6) is 0 Å². The Kier molecular flexibility index (Phi) is 5.87. The lowest BCUT2D eigenvalue weighted by atomic mass is 10.1. The molecule has 0 radical (unpaired) electrons. The quantitative estimate of drug-likeness (QED) is 0.585. The highest BCUT2D eigenvalue weighted by molar-refractivity contribution is 5.82. The van der Waals surface area contributed by atoms with Crippen LogP contribution in [0.3, 0.4) is 0 Å². The summed E-state index contributed by atoms with van der Waals surface area (Å²) in [6, 6.07) is 0. The molecule has 0 spiro atoms. The van der Waals surface area contributed by atoms with Crippen molar-refractivity contribution < 1.29 is 19.4 Å². The third-order valence-electron chi connectivity index (χ3n) is 1.68. The Balaban J connectivity index is 3.85. The van der Waals surface area contributed by atoms with E-state index in [9.17, 15) is 9.59 Å². The molecule has 0 rings (SSSR count). The smallest absolute Gasteiger partial charge is 0.306 e. The number of carbonyl (C=O) groups excluding carboxylic acids is 2. The van der Waals surface area contributed by atoms with E-state index in [1.54, 1.807) is 0 Å². The predicted octanol–water partition coefficient (Wildman–Crippen LogP) is -0.188. The molecule has 1 unspecified atom stereocenters. The fourth-order valence-corrected chi connectivity index (χ4v) is 0.809. The summed E-state index contributed by atoms with van der Waals surface area (Å²) in [5.74, 6) is -0.939. The number of esters is 1. The van der Waals surface area contributed by atoms with Crippen molar-refractivity contribution in [2.24, 2.45) is 11.7 Å². The SMILES string of the molecule is CC(C)CCC(=O)OC(CO)C(N)=O. The molecular formula is C9H17NO4. The standard InChI is InChI=1S/C9H17NO4/c1-6(2)3-4-8(12)14-7(5-11)9(10)13/h6-7,11H,3-5H2,1-2H3,(H2,10,13). The molecule has 0 bridgehead atoms. The van der Waals surface area contributed by atoms with Crippen molar-refractivity contribution in [2.45, 2.75) is 32.8 Å². The van der Waals surface area contributed by atoms with Crippen LogP contribution in [0, 0.1) is 5.92 Å². The number of hydrogen-bond donors (Lipinski definition) is 2. The number of aliphatic hydroxyl groups excluding tert-OH is 1. The number of carbonyl (C=O) groups is 2. The van der Waals surface area contributed by atoms with E-state index < -0.39 is 24.6 Å². The molecule has 0 aliphatic carbocycles. The molecule has 0 aliphatic heterocycles. The van der Waals surface area contributed by atoms with Crippen LogP contribution in [0.15, 0.2) is 0 Å². The fraction of sp³-hybridized carbons (Fsp3) is 0.778. The zero-order chi connectivity index (χ0) is 11.1. The van der Waals surface area contributed by atoms with Gasteiger partial charge in [-0.3, -0.25) is 9.59 Å². The summed E-state index contributed by atoms with van der Waals surface area (Å²) in [5.41, 5.74) is 4.88. The largest absolute Gasteiger partial charge is 0.450 e. The minimum absolute atomic E-state index is 0.238. The normalized spacial score (nSPS) is 12.6. The van der Waals surface area contributed by atoms with Crippen molar-refractivity contribution in [1.82, 2.24) is 0 Å². The number of ether oxygens (including phenoxy) is 1. The molecule has 0 fully saturated rings. The lowest BCUT2D eigenvalue weighted by Gasteiger charge is -2.12. The van der Waals surface area contributed by atoms with Gasteiger partial charge in [0.25, 0.3) is 5.91 Å². The Bertz CT molecular complexity index is 203. The summed E-state index contributed by atoms with van der Waals surface area (Å²) < 4.78 is 4.65. The molecule has 1 atom stereocenters. The highest BCUT2D eigenvalue weighted by Crippen LogP contribution is 2.05. The van der Waals surface area contributed by atoms with E-state index >= 15 is 0 Å².